The largest absolute Gasteiger partial charge is 0.416 e. The lowest BCUT2D eigenvalue weighted by molar-refractivity contribution is 0.292. The first-order valence-electron chi connectivity index (χ1n) is 8.23. The molecule has 128 valence electrons. The number of hydrogen-bond acceptors (Lipinski definition) is 4. The van der Waals surface area contributed by atoms with Gasteiger partial charge in [0.05, 0.1) is 18.7 Å². The lowest BCUT2D eigenvalue weighted by Gasteiger charge is -2.36. The van der Waals surface area contributed by atoms with Gasteiger partial charge >= 0.3 is 0 Å². The van der Waals surface area contributed by atoms with Gasteiger partial charge in [0.25, 0.3) is 0 Å². The Morgan fingerprint density at radius 2 is 1.96 bits per heavy atom. The van der Waals surface area contributed by atoms with Crippen molar-refractivity contribution in [1.29, 1.82) is 5.26 Å². The fraction of sp³-hybridized carbons (Fsp3) is 0.500. The van der Waals surface area contributed by atoms with Crippen molar-refractivity contribution in [2.75, 3.05) is 6.61 Å². The Hall–Kier alpha value is -1.97. The summed E-state index contributed by atoms with van der Waals surface area (Å²) in [5.74, 6) is 0.758. The molecule has 2 heterocycles. The molecule has 0 aliphatic rings. The zero-order valence-corrected chi connectivity index (χ0v) is 16.2. The molecule has 2 rings (SSSR count). The Kier molecular flexibility index (Phi) is 5.57. The van der Waals surface area contributed by atoms with Gasteiger partial charge < -0.3 is 4.43 Å². The van der Waals surface area contributed by atoms with E-state index in [0.717, 1.165) is 30.0 Å². The van der Waals surface area contributed by atoms with Crippen LogP contribution in [0.15, 0.2) is 30.7 Å². The van der Waals surface area contributed by atoms with E-state index in [4.69, 9.17) is 9.69 Å². The number of nitrogens with zero attached hydrogens (tertiary/aromatic N) is 4. The van der Waals surface area contributed by atoms with Crippen molar-refractivity contribution in [3.05, 3.63) is 41.9 Å². The van der Waals surface area contributed by atoms with E-state index in [-0.39, 0.29) is 5.04 Å². The number of aromatic nitrogens is 3. The molecule has 24 heavy (non-hydrogen) atoms. The van der Waals surface area contributed by atoms with Gasteiger partial charge in [0.1, 0.15) is 0 Å². The highest BCUT2D eigenvalue weighted by atomic mass is 28.4. The summed E-state index contributed by atoms with van der Waals surface area (Å²) >= 11 is 0. The normalized spacial score (nSPS) is 12.2. The molecule has 0 N–H and O–H groups in total. The van der Waals surface area contributed by atoms with Crippen LogP contribution in [0, 0.1) is 11.3 Å². The minimum absolute atomic E-state index is 0.228. The Bertz CT molecular complexity index is 708. The van der Waals surface area contributed by atoms with Gasteiger partial charge in [0, 0.05) is 19.0 Å². The summed E-state index contributed by atoms with van der Waals surface area (Å²) in [6.07, 6.45) is 6.79. The number of pyridine rings is 1. The molecule has 0 saturated carbocycles. The van der Waals surface area contributed by atoms with Gasteiger partial charge in [-0.3, -0.25) is 0 Å². The van der Waals surface area contributed by atoms with E-state index in [2.05, 4.69) is 50.0 Å². The predicted molar refractivity (Wildman–Crippen MR) is 97.5 cm³/mol. The minimum atomic E-state index is -1.70. The summed E-state index contributed by atoms with van der Waals surface area (Å²) < 4.78 is 7.97. The number of rotatable bonds is 6. The fourth-order valence-corrected chi connectivity index (χ4v) is 3.05. The summed E-state index contributed by atoms with van der Waals surface area (Å²) in [6, 6.07) is 5.91. The fourth-order valence-electron chi connectivity index (χ4n) is 2.00. The smallest absolute Gasteiger partial charge is 0.191 e. The van der Waals surface area contributed by atoms with Crippen LogP contribution in [-0.4, -0.2) is 29.7 Å². The molecule has 0 aliphatic heterocycles. The van der Waals surface area contributed by atoms with Crippen LogP contribution in [0.3, 0.4) is 0 Å². The molecule has 0 radical (unpaired) electrons. The maximum absolute atomic E-state index is 8.69. The summed E-state index contributed by atoms with van der Waals surface area (Å²) in [6.45, 7) is 12.0. The number of nitriles is 1. The molecule has 0 spiro atoms. The molecule has 0 fully saturated rings. The van der Waals surface area contributed by atoms with E-state index in [1.54, 1.807) is 10.9 Å². The second-order valence-corrected chi connectivity index (χ2v) is 12.3. The summed E-state index contributed by atoms with van der Waals surface area (Å²) in [4.78, 5) is 4.36. The van der Waals surface area contributed by atoms with Gasteiger partial charge in [-0.1, -0.05) is 26.8 Å². The molecule has 0 aliphatic carbocycles. The average Bonchev–Trinajstić information content (AvgIpc) is 2.96. The van der Waals surface area contributed by atoms with Crippen LogP contribution in [0.25, 0.3) is 5.82 Å². The summed E-state index contributed by atoms with van der Waals surface area (Å²) in [7, 11) is -1.70. The van der Waals surface area contributed by atoms with Crippen LogP contribution in [-0.2, 0) is 17.3 Å². The van der Waals surface area contributed by atoms with E-state index in [1.807, 2.05) is 24.5 Å². The second kappa shape index (κ2) is 7.28. The molecule has 0 bridgehead atoms. The third-order valence-corrected chi connectivity index (χ3v) is 9.16. The van der Waals surface area contributed by atoms with Crippen molar-refractivity contribution in [3.8, 4) is 11.9 Å². The average molecular weight is 343 g/mol. The maximum atomic E-state index is 8.69. The molecule has 0 atom stereocenters. The highest BCUT2D eigenvalue weighted by Gasteiger charge is 2.36. The molecular weight excluding hydrogens is 316 g/mol. The highest BCUT2D eigenvalue weighted by molar-refractivity contribution is 6.74. The van der Waals surface area contributed by atoms with Crippen LogP contribution < -0.4 is 0 Å². The maximum Gasteiger partial charge on any atom is 0.191 e. The van der Waals surface area contributed by atoms with Gasteiger partial charge in [0.2, 0.25) is 0 Å². The van der Waals surface area contributed by atoms with Crippen molar-refractivity contribution >= 4 is 8.32 Å². The quantitative estimate of drug-likeness (QED) is 0.747. The number of hydrogen-bond donors (Lipinski definition) is 0. The first-order valence-corrected chi connectivity index (χ1v) is 11.1. The standard InChI is InChI=1S/C18H26N4OSi/c1-18(2,3)24(4,5)23-11-9-16-13-21-22(14-16)17-7-6-15(8-10-19)12-20-17/h6-7,12-14H,8-9,11H2,1-5H3. The molecule has 6 heteroatoms. The van der Waals surface area contributed by atoms with Crippen LogP contribution in [0.1, 0.15) is 31.9 Å². The van der Waals surface area contributed by atoms with Crippen LogP contribution >= 0.6 is 0 Å². The van der Waals surface area contributed by atoms with E-state index in [9.17, 15) is 0 Å². The molecule has 0 unspecified atom stereocenters. The van der Waals surface area contributed by atoms with E-state index in [1.165, 1.54) is 0 Å². The summed E-state index contributed by atoms with van der Waals surface area (Å²) in [5, 5.41) is 13.3. The molecule has 0 amide bonds. The van der Waals surface area contributed by atoms with Crippen molar-refractivity contribution < 1.29 is 4.43 Å². The first-order chi connectivity index (χ1) is 11.2. The van der Waals surface area contributed by atoms with E-state index >= 15 is 0 Å². The minimum Gasteiger partial charge on any atom is -0.416 e. The van der Waals surface area contributed by atoms with Gasteiger partial charge in [-0.2, -0.15) is 10.4 Å². The zero-order chi connectivity index (χ0) is 17.8. The molecule has 2 aromatic heterocycles. The van der Waals surface area contributed by atoms with E-state index < -0.39 is 8.32 Å². The highest BCUT2D eigenvalue weighted by Crippen LogP contribution is 2.36. The third kappa shape index (κ3) is 4.53. The summed E-state index contributed by atoms with van der Waals surface area (Å²) in [5.41, 5.74) is 2.05. The van der Waals surface area contributed by atoms with Crippen molar-refractivity contribution in [2.24, 2.45) is 0 Å². The molecule has 0 saturated heterocycles. The van der Waals surface area contributed by atoms with E-state index in [0.29, 0.717) is 6.42 Å². The Morgan fingerprint density at radius 1 is 1.21 bits per heavy atom. The van der Waals surface area contributed by atoms with Gasteiger partial charge in [0.15, 0.2) is 14.1 Å². The first kappa shape index (κ1) is 18.4. The SMILES string of the molecule is CC(C)(C)[Si](C)(C)OCCc1cnn(-c2ccc(CC#N)cn2)c1. The molecule has 5 nitrogen and oxygen atoms in total. The Morgan fingerprint density at radius 3 is 2.54 bits per heavy atom. The van der Waals surface area contributed by atoms with Crippen molar-refractivity contribution in [1.82, 2.24) is 14.8 Å². The zero-order valence-electron chi connectivity index (χ0n) is 15.2. The Balaban J connectivity index is 1.95. The predicted octanol–water partition coefficient (Wildman–Crippen LogP) is 3.90. The van der Waals surface area contributed by atoms with Crippen molar-refractivity contribution in [2.45, 2.75) is 51.7 Å². The monoisotopic (exact) mass is 342 g/mol. The lowest BCUT2D eigenvalue weighted by Crippen LogP contribution is -2.41. The molecular formula is C18H26N4OSi. The van der Waals surface area contributed by atoms with Crippen LogP contribution in [0.5, 0.6) is 0 Å². The lowest BCUT2D eigenvalue weighted by atomic mass is 10.2. The Labute approximate surface area is 145 Å². The molecule has 0 aromatic carbocycles. The van der Waals surface area contributed by atoms with Crippen molar-refractivity contribution in [3.63, 3.8) is 0 Å². The third-order valence-electron chi connectivity index (χ3n) is 4.62. The van der Waals surface area contributed by atoms with Crippen LogP contribution in [0.2, 0.25) is 18.1 Å². The second-order valence-electron chi connectivity index (χ2n) is 7.51. The molecule has 2 aromatic rings. The van der Waals surface area contributed by atoms with Crippen LogP contribution in [0.4, 0.5) is 0 Å². The van der Waals surface area contributed by atoms with Gasteiger partial charge in [-0.05, 0) is 41.7 Å². The van der Waals surface area contributed by atoms with Gasteiger partial charge in [-0.15, -0.1) is 0 Å². The topological polar surface area (TPSA) is 63.7 Å². The van der Waals surface area contributed by atoms with Gasteiger partial charge in [-0.25, -0.2) is 9.67 Å².